The zero-order valence-electron chi connectivity index (χ0n) is 49.9. The number of carbonyl (C=O) groups excluding carboxylic acids is 1. The van der Waals surface area contributed by atoms with E-state index in [1.807, 2.05) is 138 Å². The standard InChI is InChI=1S/C65H78N7O8P3/c1-12-79-83(11,76)63-45-55(23-18-50-16-14-49(2)15-17-50)42-58(69-63)48-72-37-35-70(46-56-40-53(43-61(67-56)81(7,8)74)21-19-51-24-28-59(77-6)29-25-51)33-34-71(36-38-72)47-57-41-54(44-62(68-57)82(9,10)75)22-20-52-26-30-60(31-27-52)78-39-13-32-66-64(73)80-65(3,4)5/h14-17,24-31,40-45H,12-13,32-39,46-48H2,1-11H3,(H,66,73). The number of alkyl carbamates (subject to hydrolysis) is 1. The number of pyridine rings is 3. The molecule has 3 aromatic heterocycles. The maximum Gasteiger partial charge on any atom is 0.407 e. The minimum atomic E-state index is -3.29. The maximum absolute atomic E-state index is 14.0. The molecule has 1 saturated heterocycles. The Morgan fingerprint density at radius 1 is 0.554 bits per heavy atom. The molecule has 1 aliphatic rings. The number of rotatable bonds is 17. The number of aryl methyl sites for hydroxylation is 1. The third kappa shape index (κ3) is 21.1. The summed E-state index contributed by atoms with van der Waals surface area (Å²) in [5, 5.41) is 2.75. The van der Waals surface area contributed by atoms with Crippen molar-refractivity contribution in [3.8, 4) is 47.0 Å². The second kappa shape index (κ2) is 29.1. The predicted octanol–water partition coefficient (Wildman–Crippen LogP) is 9.57. The Balaban J connectivity index is 1.16. The largest absolute Gasteiger partial charge is 0.497 e. The molecule has 15 nitrogen and oxygen atoms in total. The summed E-state index contributed by atoms with van der Waals surface area (Å²) >= 11 is 0. The van der Waals surface area contributed by atoms with E-state index in [-0.39, 0.29) is 6.61 Å². The number of methoxy groups -OCH3 is 1. The highest BCUT2D eigenvalue weighted by Crippen LogP contribution is 2.40. The van der Waals surface area contributed by atoms with Gasteiger partial charge in [-0.2, -0.15) is 0 Å². The van der Waals surface area contributed by atoms with E-state index in [2.05, 4.69) is 55.5 Å². The number of carbonyl (C=O) groups is 1. The highest BCUT2D eigenvalue weighted by Gasteiger charge is 2.25. The van der Waals surface area contributed by atoms with Crippen molar-refractivity contribution in [1.29, 1.82) is 0 Å². The first-order valence-electron chi connectivity index (χ1n) is 27.9. The Labute approximate surface area is 491 Å². The summed E-state index contributed by atoms with van der Waals surface area (Å²) in [6.45, 7) is 24.3. The maximum atomic E-state index is 14.0. The molecule has 1 fully saturated rings. The lowest BCUT2D eigenvalue weighted by Gasteiger charge is -2.26. The van der Waals surface area contributed by atoms with Crippen LogP contribution in [0.5, 0.6) is 11.5 Å². The second-order valence-electron chi connectivity index (χ2n) is 22.4. The van der Waals surface area contributed by atoms with Gasteiger partial charge < -0.3 is 33.2 Å². The molecule has 83 heavy (non-hydrogen) atoms. The number of nitrogens with zero attached hydrogens (tertiary/aromatic N) is 6. The average Bonchev–Trinajstić information content (AvgIpc) is 3.51. The highest BCUT2D eigenvalue weighted by molar-refractivity contribution is 7.70. The molecule has 0 aliphatic carbocycles. The number of benzene rings is 3. The zero-order valence-corrected chi connectivity index (χ0v) is 52.6. The van der Waals surface area contributed by atoms with Crippen molar-refractivity contribution in [3.63, 3.8) is 0 Å². The molecule has 4 heterocycles. The molecule has 0 saturated carbocycles. The predicted molar refractivity (Wildman–Crippen MR) is 334 cm³/mol. The van der Waals surface area contributed by atoms with Crippen LogP contribution >= 0.6 is 21.7 Å². The Morgan fingerprint density at radius 3 is 1.31 bits per heavy atom. The first-order chi connectivity index (χ1) is 39.4. The summed E-state index contributed by atoms with van der Waals surface area (Å²) in [6, 6.07) is 34.5. The summed E-state index contributed by atoms with van der Waals surface area (Å²) in [4.78, 5) is 34.1. The van der Waals surface area contributed by atoms with Crippen LogP contribution in [0.2, 0.25) is 0 Å². The van der Waals surface area contributed by atoms with Gasteiger partial charge in [-0.1, -0.05) is 53.2 Å². The molecule has 6 aromatic rings. The molecule has 0 bridgehead atoms. The van der Waals surface area contributed by atoms with Crippen molar-refractivity contribution in [2.24, 2.45) is 0 Å². The van der Waals surface area contributed by atoms with E-state index in [4.69, 9.17) is 33.7 Å². The fourth-order valence-corrected chi connectivity index (χ4v) is 11.7. The van der Waals surface area contributed by atoms with Gasteiger partial charge >= 0.3 is 6.09 Å². The molecular weight excluding hydrogens is 1100 g/mol. The number of aromatic nitrogens is 3. The molecule has 1 amide bonds. The smallest absolute Gasteiger partial charge is 0.407 e. The summed E-state index contributed by atoms with van der Waals surface area (Å²) in [5.74, 6) is 21.2. The third-order valence-corrected chi connectivity index (χ3v) is 17.6. The van der Waals surface area contributed by atoms with Crippen LogP contribution in [0, 0.1) is 42.4 Å². The average molecular weight is 1180 g/mol. The third-order valence-electron chi connectivity index (χ3n) is 13.2. The van der Waals surface area contributed by atoms with E-state index in [1.165, 1.54) is 0 Å². The first-order valence-corrected chi connectivity index (χ1v) is 35.2. The van der Waals surface area contributed by atoms with Crippen LogP contribution in [0.3, 0.4) is 0 Å². The van der Waals surface area contributed by atoms with Crippen molar-refractivity contribution in [2.45, 2.75) is 66.3 Å². The van der Waals surface area contributed by atoms with E-state index >= 15 is 0 Å². The summed E-state index contributed by atoms with van der Waals surface area (Å²) in [5.41, 5.74) is 8.80. The molecule has 1 atom stereocenters. The SMILES string of the molecule is CCOP(C)(=O)c1cc(C#Cc2ccc(C)cc2)cc(CN2CCN(Cc3cc(C#Cc4ccc(OC)cc4)cc(P(C)(C)=O)n3)CCN(Cc3cc(C#Cc4ccc(OCCCNC(=O)OC(C)(C)C)cc4)cc(P(C)(C)=O)n3)CC2)n1. The van der Waals surface area contributed by atoms with Gasteiger partial charge in [-0.15, -0.1) is 0 Å². The Hall–Kier alpha value is -6.81. The van der Waals surface area contributed by atoms with Gasteiger partial charge in [-0.25, -0.2) is 19.7 Å². The summed E-state index contributed by atoms with van der Waals surface area (Å²) in [7, 11) is -7.27. The van der Waals surface area contributed by atoms with E-state index in [9.17, 15) is 18.5 Å². The molecule has 436 valence electrons. The van der Waals surface area contributed by atoms with Gasteiger partial charge in [-0.05, 0) is 165 Å². The van der Waals surface area contributed by atoms with Gasteiger partial charge in [0.1, 0.15) is 47.7 Å². The van der Waals surface area contributed by atoms with E-state index < -0.39 is 33.3 Å². The lowest BCUT2D eigenvalue weighted by molar-refractivity contribution is 0.0525. The first kappa shape index (κ1) is 63.8. The monoisotopic (exact) mass is 1180 g/mol. The number of hydrogen-bond donors (Lipinski definition) is 1. The summed E-state index contributed by atoms with van der Waals surface area (Å²) in [6.07, 6.45) is 0.151. The number of hydrogen-bond acceptors (Lipinski definition) is 14. The lowest BCUT2D eigenvalue weighted by Crippen LogP contribution is -2.36. The highest BCUT2D eigenvalue weighted by atomic mass is 31.2. The van der Waals surface area contributed by atoms with E-state index in [1.54, 1.807) is 46.5 Å². The second-order valence-corrected chi connectivity index (χ2v) is 31.1. The molecule has 1 N–H and O–H groups in total. The minimum Gasteiger partial charge on any atom is -0.497 e. The molecule has 0 radical (unpaired) electrons. The van der Waals surface area contributed by atoms with Crippen molar-refractivity contribution in [3.05, 3.63) is 165 Å². The molecule has 3 aromatic carbocycles. The van der Waals surface area contributed by atoms with Crippen LogP contribution in [0.4, 0.5) is 4.79 Å². The minimum absolute atomic E-state index is 0.273. The van der Waals surface area contributed by atoms with Gasteiger partial charge in [-0.3, -0.25) is 19.3 Å². The quantitative estimate of drug-likeness (QED) is 0.0521. The van der Waals surface area contributed by atoms with Crippen LogP contribution in [-0.2, 0) is 42.6 Å². The van der Waals surface area contributed by atoms with Crippen LogP contribution in [0.15, 0.2) is 109 Å². The fourth-order valence-electron chi connectivity index (χ4n) is 8.74. The van der Waals surface area contributed by atoms with E-state index in [0.717, 1.165) is 50.6 Å². The van der Waals surface area contributed by atoms with Crippen LogP contribution < -0.4 is 31.1 Å². The van der Waals surface area contributed by atoms with Crippen molar-refractivity contribution in [1.82, 2.24) is 35.0 Å². The van der Waals surface area contributed by atoms with Crippen LogP contribution in [0.1, 0.15) is 90.1 Å². The van der Waals surface area contributed by atoms with Gasteiger partial charge in [0.05, 0.1) is 37.4 Å². The van der Waals surface area contributed by atoms with Crippen molar-refractivity contribution >= 4 is 44.1 Å². The molecular formula is C65H78N7O8P3. The number of nitrogens with one attached hydrogen (secondary N) is 1. The topological polar surface area (TPSA) is 166 Å². The van der Waals surface area contributed by atoms with Gasteiger partial charge in [0.25, 0.3) is 0 Å². The fraction of sp³-hybridized carbons (Fsp3) is 0.385. The van der Waals surface area contributed by atoms with Crippen LogP contribution in [0.25, 0.3) is 0 Å². The van der Waals surface area contributed by atoms with Crippen molar-refractivity contribution in [2.75, 3.05) is 99.5 Å². The Bertz CT molecular complexity index is 3560. The molecule has 1 aliphatic heterocycles. The molecule has 18 heteroatoms. The zero-order chi connectivity index (χ0) is 59.8. The van der Waals surface area contributed by atoms with Crippen molar-refractivity contribution < 1.29 is 37.2 Å². The number of ether oxygens (including phenoxy) is 3. The van der Waals surface area contributed by atoms with E-state index in [0.29, 0.717) is 112 Å². The number of amides is 1. The Morgan fingerprint density at radius 2 is 0.928 bits per heavy atom. The normalized spacial score (nSPS) is 14.4. The Kier molecular flexibility index (Phi) is 22.4. The van der Waals surface area contributed by atoms with Gasteiger partial charge in [0.2, 0.25) is 7.37 Å². The van der Waals surface area contributed by atoms with Crippen LogP contribution in [-0.4, -0.2) is 141 Å². The molecule has 7 rings (SSSR count). The van der Waals surface area contributed by atoms with Gasteiger partial charge in [0.15, 0.2) is 0 Å². The molecule has 0 spiro atoms. The van der Waals surface area contributed by atoms with Gasteiger partial charge in [0, 0.05) is 105 Å². The lowest BCUT2D eigenvalue weighted by atomic mass is 10.1. The molecule has 1 unspecified atom stereocenters. The summed E-state index contributed by atoms with van der Waals surface area (Å²) < 4.78 is 63.9.